The fourth-order valence-corrected chi connectivity index (χ4v) is 5.35. The molecule has 1 aromatic rings. The van der Waals surface area contributed by atoms with E-state index in [9.17, 15) is 0 Å². The molecule has 0 atom stereocenters. The normalized spacial score (nSPS) is 23.3. The number of likely N-dealkylation sites (N-methyl/N-ethyl adjacent to an activating group) is 1. The van der Waals surface area contributed by atoms with Crippen LogP contribution in [0.25, 0.3) is 0 Å². The second-order valence-corrected chi connectivity index (χ2v) is 7.24. The molecule has 0 N–H and O–H groups in total. The molecule has 2 aliphatic heterocycles. The van der Waals surface area contributed by atoms with Crippen LogP contribution in [0.2, 0.25) is 0 Å². The predicted molar refractivity (Wildman–Crippen MR) is 82.6 cm³/mol. The molecular formula is C14H24N2S2. The number of thiophene rings is 1. The minimum Gasteiger partial charge on any atom is -0.306 e. The van der Waals surface area contributed by atoms with Gasteiger partial charge in [0, 0.05) is 21.7 Å². The first kappa shape index (κ1) is 14.4. The lowest BCUT2D eigenvalue weighted by atomic mass is 9.77. The van der Waals surface area contributed by atoms with Gasteiger partial charge in [-0.3, -0.25) is 0 Å². The van der Waals surface area contributed by atoms with E-state index in [0.29, 0.717) is 5.41 Å². The number of fused-ring (bicyclic) bond motifs is 2. The van der Waals surface area contributed by atoms with Gasteiger partial charge in [0.1, 0.15) is 0 Å². The summed E-state index contributed by atoms with van der Waals surface area (Å²) in [5.74, 6) is 0. The molecule has 102 valence electrons. The lowest BCUT2D eigenvalue weighted by Crippen LogP contribution is -2.47. The Balaban J connectivity index is 0.000000574. The highest BCUT2D eigenvalue weighted by Gasteiger charge is 2.42. The summed E-state index contributed by atoms with van der Waals surface area (Å²) in [6.45, 7) is 7.71. The van der Waals surface area contributed by atoms with Gasteiger partial charge in [-0.25, -0.2) is 4.31 Å². The third-order valence-corrected chi connectivity index (χ3v) is 6.10. The maximum Gasteiger partial charge on any atom is 0.0375 e. The molecule has 3 rings (SSSR count). The topological polar surface area (TPSA) is 6.48 Å². The van der Waals surface area contributed by atoms with Crippen molar-refractivity contribution in [1.82, 2.24) is 9.21 Å². The van der Waals surface area contributed by atoms with Crippen molar-refractivity contribution in [2.24, 2.45) is 0 Å². The summed E-state index contributed by atoms with van der Waals surface area (Å²) in [7, 11) is 4.47. The number of hydrogen-bond acceptors (Lipinski definition) is 4. The molecule has 0 aliphatic carbocycles. The van der Waals surface area contributed by atoms with Crippen LogP contribution in [0.1, 0.15) is 31.6 Å². The molecule has 0 unspecified atom stereocenters. The van der Waals surface area contributed by atoms with Crippen LogP contribution in [0.3, 0.4) is 0 Å². The van der Waals surface area contributed by atoms with Crippen LogP contribution in [0.4, 0.5) is 0 Å². The van der Waals surface area contributed by atoms with Gasteiger partial charge >= 0.3 is 0 Å². The Morgan fingerprint density at radius 2 is 1.83 bits per heavy atom. The summed E-state index contributed by atoms with van der Waals surface area (Å²) in [4.78, 5) is 5.62. The number of rotatable bonds is 0. The van der Waals surface area contributed by atoms with Crippen LogP contribution in [-0.4, -0.2) is 42.9 Å². The Bertz CT molecular complexity index is 381. The van der Waals surface area contributed by atoms with Gasteiger partial charge in [0.2, 0.25) is 0 Å². The summed E-state index contributed by atoms with van der Waals surface area (Å²) in [6, 6.07) is 2.29. The third-order valence-electron chi connectivity index (χ3n) is 3.83. The summed E-state index contributed by atoms with van der Waals surface area (Å²) < 4.78 is 2.42. The number of hydrogen-bond donors (Lipinski definition) is 0. The Hall–Kier alpha value is -0.0300. The van der Waals surface area contributed by atoms with Crippen molar-refractivity contribution in [3.05, 3.63) is 16.3 Å². The van der Waals surface area contributed by atoms with E-state index in [0.717, 1.165) is 0 Å². The lowest BCUT2D eigenvalue weighted by molar-refractivity contribution is 0.168. The molecule has 3 heterocycles. The predicted octanol–water partition coefficient (Wildman–Crippen LogP) is 3.69. The summed E-state index contributed by atoms with van der Waals surface area (Å²) in [6.07, 6.45) is 2.64. The highest BCUT2D eigenvalue weighted by molar-refractivity contribution is 7.97. The molecule has 2 aliphatic rings. The average Bonchev–Trinajstić information content (AvgIpc) is 2.84. The van der Waals surface area contributed by atoms with E-state index < -0.39 is 0 Å². The third kappa shape index (κ3) is 2.62. The van der Waals surface area contributed by atoms with Crippen molar-refractivity contribution < 1.29 is 0 Å². The molecule has 2 nitrogen and oxygen atoms in total. The monoisotopic (exact) mass is 284 g/mol. The molecule has 0 radical (unpaired) electrons. The first-order chi connectivity index (χ1) is 8.70. The molecule has 4 heteroatoms. The zero-order valence-electron chi connectivity index (χ0n) is 11.9. The molecule has 18 heavy (non-hydrogen) atoms. The first-order valence-electron chi connectivity index (χ1n) is 6.85. The largest absolute Gasteiger partial charge is 0.306 e. The van der Waals surface area contributed by atoms with E-state index in [2.05, 4.69) is 34.7 Å². The maximum atomic E-state index is 2.46. The van der Waals surface area contributed by atoms with Gasteiger partial charge in [-0.1, -0.05) is 13.8 Å². The fourth-order valence-electron chi connectivity index (χ4n) is 2.89. The van der Waals surface area contributed by atoms with E-state index in [1.54, 1.807) is 4.88 Å². The highest BCUT2D eigenvalue weighted by atomic mass is 32.2. The van der Waals surface area contributed by atoms with Gasteiger partial charge in [0.25, 0.3) is 0 Å². The zero-order valence-corrected chi connectivity index (χ0v) is 13.5. The van der Waals surface area contributed by atoms with E-state index in [4.69, 9.17) is 0 Å². The number of piperidine rings is 1. The average molecular weight is 284 g/mol. The van der Waals surface area contributed by atoms with E-state index in [-0.39, 0.29) is 0 Å². The smallest absolute Gasteiger partial charge is 0.0375 e. The van der Waals surface area contributed by atoms with Gasteiger partial charge in [-0.05, 0) is 63.4 Å². The lowest BCUT2D eigenvalue weighted by Gasteiger charge is -2.45. The van der Waals surface area contributed by atoms with E-state index in [1.807, 2.05) is 37.1 Å². The first-order valence-corrected chi connectivity index (χ1v) is 8.51. The minimum atomic E-state index is 0.454. The minimum absolute atomic E-state index is 0.454. The van der Waals surface area contributed by atoms with Gasteiger partial charge in [-0.2, -0.15) is 0 Å². The molecule has 0 saturated carbocycles. The van der Waals surface area contributed by atoms with Gasteiger partial charge in [0.15, 0.2) is 0 Å². The summed E-state index contributed by atoms with van der Waals surface area (Å²) in [5.41, 5.74) is 0.454. The molecule has 1 spiro atoms. The van der Waals surface area contributed by atoms with Crippen molar-refractivity contribution in [2.45, 2.75) is 37.0 Å². The van der Waals surface area contributed by atoms with Crippen LogP contribution in [0.5, 0.6) is 0 Å². The molecule has 0 amide bonds. The second kappa shape index (κ2) is 5.95. The van der Waals surface area contributed by atoms with E-state index >= 15 is 0 Å². The van der Waals surface area contributed by atoms with Crippen molar-refractivity contribution in [2.75, 3.05) is 33.7 Å². The van der Waals surface area contributed by atoms with Gasteiger partial charge in [-0.15, -0.1) is 11.3 Å². The standard InChI is InChI=1S/C12H18N2S2.C2H6/c1-13-6-4-12(5-7-13)9-14(2)16-10-3-8-15-11(10)12;1-2/h3,8H,4-7,9H2,1-2H3;1-2H3. The van der Waals surface area contributed by atoms with E-state index in [1.165, 1.54) is 37.4 Å². The number of likely N-dealkylation sites (tertiary alicyclic amines) is 1. The molecule has 0 bridgehead atoms. The Morgan fingerprint density at radius 3 is 2.50 bits per heavy atom. The van der Waals surface area contributed by atoms with Crippen molar-refractivity contribution >= 4 is 23.3 Å². The van der Waals surface area contributed by atoms with Crippen LogP contribution in [0, 0.1) is 0 Å². The molecule has 0 aromatic carbocycles. The molecule has 1 saturated heterocycles. The Kier molecular flexibility index (Phi) is 4.75. The van der Waals surface area contributed by atoms with Gasteiger partial charge < -0.3 is 4.90 Å². The summed E-state index contributed by atoms with van der Waals surface area (Å²) in [5, 5.41) is 2.26. The van der Waals surface area contributed by atoms with Crippen LogP contribution < -0.4 is 0 Å². The SMILES string of the molecule is CC.CN1CCC2(CC1)CN(C)Sc1ccsc12. The molecular weight excluding hydrogens is 260 g/mol. The van der Waals surface area contributed by atoms with Crippen molar-refractivity contribution in [3.8, 4) is 0 Å². The highest BCUT2D eigenvalue weighted by Crippen LogP contribution is 2.48. The Labute approximate surface area is 119 Å². The molecule has 1 aromatic heterocycles. The maximum absolute atomic E-state index is 2.46. The second-order valence-electron chi connectivity index (χ2n) is 5.07. The molecule has 1 fully saturated rings. The quantitative estimate of drug-likeness (QED) is 0.671. The van der Waals surface area contributed by atoms with Crippen molar-refractivity contribution in [3.63, 3.8) is 0 Å². The fraction of sp³-hybridized carbons (Fsp3) is 0.714. The van der Waals surface area contributed by atoms with Crippen LogP contribution in [0.15, 0.2) is 16.3 Å². The summed E-state index contributed by atoms with van der Waals surface area (Å²) >= 11 is 3.89. The van der Waals surface area contributed by atoms with Crippen molar-refractivity contribution in [1.29, 1.82) is 0 Å². The Morgan fingerprint density at radius 1 is 1.17 bits per heavy atom. The zero-order chi connectivity index (χ0) is 13.2. The van der Waals surface area contributed by atoms with Gasteiger partial charge in [0.05, 0.1) is 0 Å². The number of nitrogens with zero attached hydrogens (tertiary/aromatic N) is 2. The van der Waals surface area contributed by atoms with Crippen LogP contribution in [-0.2, 0) is 5.41 Å². The van der Waals surface area contributed by atoms with Crippen LogP contribution >= 0.6 is 23.3 Å².